The van der Waals surface area contributed by atoms with Crippen LogP contribution in [0.3, 0.4) is 0 Å². The molecule has 0 fully saturated rings. The Labute approximate surface area is 105 Å². The van der Waals surface area contributed by atoms with E-state index in [4.69, 9.17) is 0 Å². The maximum atomic E-state index is 11.3. The third-order valence-corrected chi connectivity index (χ3v) is 3.39. The monoisotopic (exact) mass is 273 g/mol. The second kappa shape index (κ2) is 5.69. The fourth-order valence-electron chi connectivity index (χ4n) is 0.872. The average Bonchev–Trinajstić information content (AvgIpc) is 2.90. The molecule has 2 aromatic heterocycles. The van der Waals surface area contributed by atoms with Crippen molar-refractivity contribution in [1.82, 2.24) is 33.7 Å². The molecule has 0 saturated heterocycles. The van der Waals surface area contributed by atoms with Crippen LogP contribution in [-0.4, -0.2) is 56.2 Å². The number of nitrogens with one attached hydrogen (secondary N) is 1. The number of aryl methyl sites for hydroxylation is 2. The van der Waals surface area contributed by atoms with E-state index in [1.165, 1.54) is 26.7 Å². The van der Waals surface area contributed by atoms with Gasteiger partial charge >= 0.3 is 10.2 Å². The van der Waals surface area contributed by atoms with E-state index < -0.39 is 10.2 Å². The Kier molecular flexibility index (Phi) is 4.50. The van der Waals surface area contributed by atoms with Gasteiger partial charge in [0.05, 0.1) is 0 Å². The van der Waals surface area contributed by atoms with Gasteiger partial charge in [-0.15, -0.1) is 9.19 Å². The number of rotatable bonds is 2. The van der Waals surface area contributed by atoms with Crippen molar-refractivity contribution in [2.75, 3.05) is 14.1 Å². The van der Waals surface area contributed by atoms with Gasteiger partial charge in [0, 0.05) is 14.1 Å². The molecular formula is C8H15N7O2S. The highest BCUT2D eigenvalue weighted by atomic mass is 32.2. The molecular weight excluding hydrogens is 258 g/mol. The van der Waals surface area contributed by atoms with E-state index in [-0.39, 0.29) is 0 Å². The lowest BCUT2D eigenvalue weighted by atomic mass is 10.8. The zero-order valence-corrected chi connectivity index (χ0v) is 11.4. The van der Waals surface area contributed by atoms with Gasteiger partial charge in [0.1, 0.15) is 24.3 Å². The third-order valence-electron chi connectivity index (χ3n) is 1.82. The molecule has 9 nitrogen and oxygen atoms in total. The lowest BCUT2D eigenvalue weighted by Crippen LogP contribution is -2.29. The van der Waals surface area contributed by atoms with Crippen molar-refractivity contribution >= 4 is 10.2 Å². The first-order valence-electron chi connectivity index (χ1n) is 4.97. The van der Waals surface area contributed by atoms with Gasteiger partial charge < -0.3 is 0 Å². The van der Waals surface area contributed by atoms with Crippen LogP contribution < -0.4 is 0 Å². The second-order valence-corrected chi connectivity index (χ2v) is 5.53. The summed E-state index contributed by atoms with van der Waals surface area (Å²) < 4.78 is 24.6. The Morgan fingerprint density at radius 3 is 2.22 bits per heavy atom. The predicted molar refractivity (Wildman–Crippen MR) is 63.9 cm³/mol. The molecule has 0 aromatic carbocycles. The average molecular weight is 273 g/mol. The standard InChI is InChI=1S/C5H10N4O2S.C3H5N3/c1-5-6-4-9(7-5)12(10,11)8(2)3;1-3-4-2-5-6-3/h4H,1-3H3;2H,1H3,(H,4,5,6). The van der Waals surface area contributed by atoms with Crippen LogP contribution in [0, 0.1) is 13.8 Å². The third kappa shape index (κ3) is 3.60. The van der Waals surface area contributed by atoms with Crippen molar-refractivity contribution in [3.63, 3.8) is 0 Å². The van der Waals surface area contributed by atoms with Crippen molar-refractivity contribution in [2.45, 2.75) is 13.8 Å². The number of aromatic nitrogens is 6. The number of H-pyrrole nitrogens is 1. The molecule has 0 saturated carbocycles. The van der Waals surface area contributed by atoms with Crippen LogP contribution in [0.5, 0.6) is 0 Å². The summed E-state index contributed by atoms with van der Waals surface area (Å²) in [6.07, 6.45) is 2.65. The topological polar surface area (TPSA) is 110 Å². The molecule has 0 bridgehead atoms. The van der Waals surface area contributed by atoms with E-state index in [1.54, 1.807) is 6.92 Å². The Morgan fingerprint density at radius 2 is 1.94 bits per heavy atom. The van der Waals surface area contributed by atoms with Crippen LogP contribution >= 0.6 is 0 Å². The van der Waals surface area contributed by atoms with Gasteiger partial charge in [-0.1, -0.05) is 0 Å². The van der Waals surface area contributed by atoms with Crippen LogP contribution in [0.4, 0.5) is 0 Å². The van der Waals surface area contributed by atoms with E-state index in [0.717, 1.165) is 14.2 Å². The zero-order valence-electron chi connectivity index (χ0n) is 10.6. The first-order chi connectivity index (χ1) is 8.34. The molecule has 10 heteroatoms. The Bertz CT molecular complexity index is 572. The normalized spacial score (nSPS) is 11.2. The quantitative estimate of drug-likeness (QED) is 0.779. The van der Waals surface area contributed by atoms with Crippen molar-refractivity contribution in [1.29, 1.82) is 0 Å². The summed E-state index contributed by atoms with van der Waals surface area (Å²) >= 11 is 0. The Morgan fingerprint density at radius 1 is 1.28 bits per heavy atom. The number of nitrogens with zero attached hydrogens (tertiary/aromatic N) is 6. The number of hydrogen-bond donors (Lipinski definition) is 1. The molecule has 0 aliphatic rings. The minimum Gasteiger partial charge on any atom is -0.264 e. The van der Waals surface area contributed by atoms with Gasteiger partial charge in [-0.2, -0.15) is 17.8 Å². The first kappa shape index (κ1) is 14.3. The molecule has 2 heterocycles. The van der Waals surface area contributed by atoms with Gasteiger partial charge in [0.15, 0.2) is 0 Å². The zero-order chi connectivity index (χ0) is 13.8. The van der Waals surface area contributed by atoms with Crippen LogP contribution in [0.1, 0.15) is 11.6 Å². The molecule has 0 amide bonds. The van der Waals surface area contributed by atoms with Crippen LogP contribution in [0.25, 0.3) is 0 Å². The molecule has 0 radical (unpaired) electrons. The van der Waals surface area contributed by atoms with Crippen molar-refractivity contribution in [3.8, 4) is 0 Å². The van der Waals surface area contributed by atoms with Crippen molar-refractivity contribution < 1.29 is 8.42 Å². The van der Waals surface area contributed by atoms with E-state index in [9.17, 15) is 8.42 Å². The summed E-state index contributed by atoms with van der Waals surface area (Å²) in [5.41, 5.74) is 0. The largest absolute Gasteiger partial charge is 0.323 e. The maximum Gasteiger partial charge on any atom is 0.323 e. The second-order valence-electron chi connectivity index (χ2n) is 3.53. The van der Waals surface area contributed by atoms with Crippen LogP contribution in [0.15, 0.2) is 12.7 Å². The fraction of sp³-hybridized carbons (Fsp3) is 0.500. The summed E-state index contributed by atoms with van der Waals surface area (Å²) in [6, 6.07) is 0. The van der Waals surface area contributed by atoms with E-state index >= 15 is 0 Å². The first-order valence-corrected chi connectivity index (χ1v) is 6.37. The van der Waals surface area contributed by atoms with Gasteiger partial charge in [-0.3, -0.25) is 5.10 Å². The molecule has 2 aromatic rings. The molecule has 0 aliphatic heterocycles. The molecule has 2 rings (SSSR count). The predicted octanol–water partition coefficient (Wildman–Crippen LogP) is -0.646. The molecule has 0 spiro atoms. The van der Waals surface area contributed by atoms with E-state index in [1.807, 2.05) is 6.92 Å². The summed E-state index contributed by atoms with van der Waals surface area (Å²) in [4.78, 5) is 7.46. The van der Waals surface area contributed by atoms with E-state index in [2.05, 4.69) is 25.3 Å². The highest BCUT2D eigenvalue weighted by molar-refractivity contribution is 7.87. The van der Waals surface area contributed by atoms with Crippen molar-refractivity contribution in [3.05, 3.63) is 24.3 Å². The number of hydrogen-bond acceptors (Lipinski definition) is 6. The van der Waals surface area contributed by atoms with Crippen LogP contribution in [0.2, 0.25) is 0 Å². The van der Waals surface area contributed by atoms with Gasteiger partial charge in [0.2, 0.25) is 0 Å². The minimum absolute atomic E-state index is 0.431. The summed E-state index contributed by atoms with van der Waals surface area (Å²) in [7, 11) is -0.606. The van der Waals surface area contributed by atoms with Gasteiger partial charge in [-0.25, -0.2) is 9.97 Å². The fourth-order valence-corrected chi connectivity index (χ4v) is 1.59. The van der Waals surface area contributed by atoms with Gasteiger partial charge in [0.25, 0.3) is 0 Å². The smallest absolute Gasteiger partial charge is 0.264 e. The highest BCUT2D eigenvalue weighted by Crippen LogP contribution is 1.97. The summed E-state index contributed by atoms with van der Waals surface area (Å²) in [6.45, 7) is 3.48. The van der Waals surface area contributed by atoms with E-state index in [0.29, 0.717) is 5.82 Å². The molecule has 0 aliphatic carbocycles. The SMILES string of the molecule is Cc1ncn(S(=O)(=O)N(C)C)n1.Cc1ncn[nH]1. The lowest BCUT2D eigenvalue weighted by Gasteiger charge is -2.09. The van der Waals surface area contributed by atoms with Crippen LogP contribution in [-0.2, 0) is 10.2 Å². The Hall–Kier alpha value is -1.81. The maximum absolute atomic E-state index is 11.3. The highest BCUT2D eigenvalue weighted by Gasteiger charge is 2.16. The van der Waals surface area contributed by atoms with Crippen molar-refractivity contribution in [2.24, 2.45) is 0 Å². The lowest BCUT2D eigenvalue weighted by molar-refractivity contribution is 0.503. The molecule has 1 N–H and O–H groups in total. The summed E-state index contributed by atoms with van der Waals surface area (Å²) in [5.74, 6) is 1.29. The van der Waals surface area contributed by atoms with Gasteiger partial charge in [-0.05, 0) is 13.8 Å². The summed E-state index contributed by atoms with van der Waals surface area (Å²) in [5, 5.41) is 9.90. The molecule has 0 unspecified atom stereocenters. The number of aromatic amines is 1. The minimum atomic E-state index is -3.48. The molecule has 0 atom stereocenters. The Balaban J connectivity index is 0.000000225. The molecule has 100 valence electrons. The molecule has 18 heavy (non-hydrogen) atoms.